The first kappa shape index (κ1) is 17.9. The van der Waals surface area contributed by atoms with Crippen molar-refractivity contribution in [3.05, 3.63) is 89.5 Å². The van der Waals surface area contributed by atoms with Crippen LogP contribution in [0.15, 0.2) is 66.5 Å². The molecule has 0 aromatic heterocycles. The number of allylic oxidation sites excluding steroid dienone is 1. The molecule has 0 aliphatic rings. The van der Waals surface area contributed by atoms with Gasteiger partial charge in [0.15, 0.2) is 23.3 Å². The largest absolute Gasteiger partial charge is 0.209 e. The van der Waals surface area contributed by atoms with Gasteiger partial charge in [-0.1, -0.05) is 48.5 Å². The van der Waals surface area contributed by atoms with Crippen molar-refractivity contribution in [2.45, 2.75) is 6.92 Å². The topological polar surface area (TPSA) is 0 Å². The van der Waals surface area contributed by atoms with Crippen molar-refractivity contribution in [1.29, 1.82) is 0 Å². The van der Waals surface area contributed by atoms with Gasteiger partial charge in [0, 0.05) is 5.56 Å². The summed E-state index contributed by atoms with van der Waals surface area (Å²) in [7, 11) is 0. The Hall–Kier alpha value is -2.95. The smallest absolute Gasteiger partial charge is 0.194 e. The zero-order chi connectivity index (χ0) is 18.8. The van der Waals surface area contributed by atoms with E-state index in [0.29, 0.717) is 5.56 Å². The first-order valence-corrected chi connectivity index (χ1v) is 7.74. The molecule has 0 spiro atoms. The van der Waals surface area contributed by atoms with E-state index in [1.807, 2.05) is 0 Å². The zero-order valence-corrected chi connectivity index (χ0v) is 13.7. The molecule has 0 atom stereocenters. The summed E-state index contributed by atoms with van der Waals surface area (Å²) in [6, 6.07) is 14.8. The van der Waals surface area contributed by atoms with Gasteiger partial charge in [-0.2, -0.15) is 0 Å². The second-order valence-corrected chi connectivity index (χ2v) is 5.76. The molecule has 5 heteroatoms. The van der Waals surface area contributed by atoms with Crippen LogP contribution >= 0.6 is 0 Å². The van der Waals surface area contributed by atoms with Crippen LogP contribution in [0.3, 0.4) is 0 Å². The van der Waals surface area contributed by atoms with Crippen molar-refractivity contribution in [3.8, 4) is 22.3 Å². The lowest BCUT2D eigenvalue weighted by Crippen LogP contribution is -1.91. The van der Waals surface area contributed by atoms with Crippen molar-refractivity contribution >= 4 is 5.83 Å². The van der Waals surface area contributed by atoms with Gasteiger partial charge in [0.25, 0.3) is 0 Å². The molecule has 0 saturated heterocycles. The lowest BCUT2D eigenvalue weighted by atomic mass is 9.99. The van der Waals surface area contributed by atoms with Gasteiger partial charge in [-0.05, 0) is 41.3 Å². The Labute approximate surface area is 147 Å². The molecule has 26 heavy (non-hydrogen) atoms. The fourth-order valence-electron chi connectivity index (χ4n) is 2.59. The maximum Gasteiger partial charge on any atom is 0.194 e. The average Bonchev–Trinajstić information content (AvgIpc) is 2.65. The molecule has 0 unspecified atom stereocenters. The molecular weight excluding hydrogens is 347 g/mol. The Bertz CT molecular complexity index is 943. The molecule has 0 radical (unpaired) electrons. The summed E-state index contributed by atoms with van der Waals surface area (Å²) in [6.45, 7) is 1.04. The predicted molar refractivity (Wildman–Crippen MR) is 92.0 cm³/mol. The maximum atomic E-state index is 13.5. The quantitative estimate of drug-likeness (QED) is 0.346. The van der Waals surface area contributed by atoms with Crippen LogP contribution in [0.4, 0.5) is 22.0 Å². The summed E-state index contributed by atoms with van der Waals surface area (Å²) in [5, 5.41) is 0. The Balaban J connectivity index is 1.89. The molecule has 0 aliphatic carbocycles. The lowest BCUT2D eigenvalue weighted by molar-refractivity contribution is 0.448. The van der Waals surface area contributed by atoms with Crippen LogP contribution in [0.25, 0.3) is 28.1 Å². The van der Waals surface area contributed by atoms with Crippen LogP contribution in [0, 0.1) is 17.5 Å². The number of benzene rings is 3. The summed E-state index contributed by atoms with van der Waals surface area (Å²) in [5.74, 6) is -5.81. The van der Waals surface area contributed by atoms with Crippen LogP contribution in [-0.2, 0) is 0 Å². The normalized spacial score (nSPS) is 12.1. The summed E-state index contributed by atoms with van der Waals surface area (Å²) in [6.07, 6.45) is 0. The van der Waals surface area contributed by atoms with Crippen molar-refractivity contribution in [2.75, 3.05) is 0 Å². The minimum atomic E-state index is -1.50. The highest BCUT2D eigenvalue weighted by molar-refractivity contribution is 5.72. The van der Waals surface area contributed by atoms with E-state index in [9.17, 15) is 22.0 Å². The second kappa shape index (κ2) is 7.12. The van der Waals surface area contributed by atoms with Gasteiger partial charge in [0.1, 0.15) is 5.83 Å². The standard InChI is InChI=1S/C21H13F5/c1-12(22)20(25)16-8-6-14(7-9-16)13-2-4-15(5-3-13)17-10-18(23)21(26)19(24)11-17/h2-11H,1H3. The summed E-state index contributed by atoms with van der Waals surface area (Å²) >= 11 is 0. The van der Waals surface area contributed by atoms with Crippen molar-refractivity contribution in [1.82, 2.24) is 0 Å². The molecule has 3 aromatic rings. The average molecular weight is 360 g/mol. The minimum absolute atomic E-state index is 0.141. The summed E-state index contributed by atoms with van der Waals surface area (Å²) in [5.41, 5.74) is 2.42. The zero-order valence-electron chi connectivity index (χ0n) is 13.7. The number of hydrogen-bond acceptors (Lipinski definition) is 0. The molecule has 3 aromatic carbocycles. The molecule has 0 fully saturated rings. The predicted octanol–water partition coefficient (Wildman–Crippen LogP) is 7.07. The maximum absolute atomic E-state index is 13.5. The van der Waals surface area contributed by atoms with E-state index in [2.05, 4.69) is 0 Å². The van der Waals surface area contributed by atoms with E-state index in [1.54, 1.807) is 36.4 Å². The third kappa shape index (κ3) is 3.52. The van der Waals surface area contributed by atoms with E-state index in [0.717, 1.165) is 30.2 Å². The van der Waals surface area contributed by atoms with E-state index in [-0.39, 0.29) is 11.1 Å². The molecule has 0 aliphatic heterocycles. The number of rotatable bonds is 3. The number of hydrogen-bond donors (Lipinski definition) is 0. The summed E-state index contributed by atoms with van der Waals surface area (Å²) < 4.78 is 66.2. The van der Waals surface area contributed by atoms with Gasteiger partial charge in [-0.3, -0.25) is 0 Å². The molecular formula is C21H13F5. The first-order valence-electron chi connectivity index (χ1n) is 7.74. The molecule has 0 amide bonds. The van der Waals surface area contributed by atoms with Crippen LogP contribution in [-0.4, -0.2) is 0 Å². The van der Waals surface area contributed by atoms with Crippen molar-refractivity contribution < 1.29 is 22.0 Å². The minimum Gasteiger partial charge on any atom is -0.209 e. The molecule has 0 nitrogen and oxygen atoms in total. The second-order valence-electron chi connectivity index (χ2n) is 5.76. The fourth-order valence-corrected chi connectivity index (χ4v) is 2.59. The third-order valence-corrected chi connectivity index (χ3v) is 3.98. The van der Waals surface area contributed by atoms with E-state index >= 15 is 0 Å². The Kier molecular flexibility index (Phi) is 4.89. The van der Waals surface area contributed by atoms with Gasteiger partial charge in [0.2, 0.25) is 0 Å². The SMILES string of the molecule is CC(F)=C(F)c1ccc(-c2ccc(-c3cc(F)c(F)c(F)c3)cc2)cc1. The first-order chi connectivity index (χ1) is 12.4. The van der Waals surface area contributed by atoms with Crippen LogP contribution in [0.5, 0.6) is 0 Å². The number of halogens is 5. The fraction of sp³-hybridized carbons (Fsp3) is 0.0476. The van der Waals surface area contributed by atoms with Crippen molar-refractivity contribution in [2.24, 2.45) is 0 Å². The van der Waals surface area contributed by atoms with Gasteiger partial charge in [-0.15, -0.1) is 0 Å². The molecule has 0 heterocycles. The van der Waals surface area contributed by atoms with Gasteiger partial charge < -0.3 is 0 Å². The van der Waals surface area contributed by atoms with Crippen LogP contribution in [0.1, 0.15) is 12.5 Å². The molecule has 0 N–H and O–H groups in total. The van der Waals surface area contributed by atoms with Gasteiger partial charge >= 0.3 is 0 Å². The summed E-state index contributed by atoms with van der Waals surface area (Å²) in [4.78, 5) is 0. The lowest BCUT2D eigenvalue weighted by Gasteiger charge is -2.07. The van der Waals surface area contributed by atoms with Crippen molar-refractivity contribution in [3.63, 3.8) is 0 Å². The Morgan fingerprint density at radius 2 is 1.00 bits per heavy atom. The van der Waals surface area contributed by atoms with Gasteiger partial charge in [0.05, 0.1) is 0 Å². The Morgan fingerprint density at radius 3 is 1.42 bits per heavy atom. The van der Waals surface area contributed by atoms with Gasteiger partial charge in [-0.25, -0.2) is 22.0 Å². The highest BCUT2D eigenvalue weighted by Crippen LogP contribution is 2.28. The molecule has 132 valence electrons. The van der Waals surface area contributed by atoms with Crippen LogP contribution < -0.4 is 0 Å². The highest BCUT2D eigenvalue weighted by atomic mass is 19.2. The molecule has 3 rings (SSSR count). The molecule has 0 saturated carbocycles. The van der Waals surface area contributed by atoms with E-state index in [4.69, 9.17) is 0 Å². The van der Waals surface area contributed by atoms with E-state index in [1.165, 1.54) is 12.1 Å². The Morgan fingerprint density at radius 1 is 0.615 bits per heavy atom. The van der Waals surface area contributed by atoms with Crippen LogP contribution in [0.2, 0.25) is 0 Å². The van der Waals surface area contributed by atoms with E-state index < -0.39 is 29.1 Å². The molecule has 0 bridgehead atoms. The highest BCUT2D eigenvalue weighted by Gasteiger charge is 2.12. The third-order valence-electron chi connectivity index (χ3n) is 3.98. The monoisotopic (exact) mass is 360 g/mol.